The molecule has 0 amide bonds. The number of allylic oxidation sites excluding steroid dienone is 2. The van der Waals surface area contributed by atoms with Gasteiger partial charge in [0.05, 0.1) is 18.7 Å². The summed E-state index contributed by atoms with van der Waals surface area (Å²) < 4.78 is 7.42. The van der Waals surface area contributed by atoms with Gasteiger partial charge in [0.15, 0.2) is 5.75 Å². The van der Waals surface area contributed by atoms with Crippen LogP contribution in [0.4, 0.5) is 0 Å². The Morgan fingerprint density at radius 1 is 1.59 bits per heavy atom. The molecule has 0 aliphatic heterocycles. The molecule has 0 radical (unpaired) electrons. The third kappa shape index (κ3) is 2.65. The van der Waals surface area contributed by atoms with E-state index in [1.54, 1.807) is 13.3 Å². The lowest BCUT2D eigenvalue weighted by molar-refractivity contribution is 0.411. The molecule has 3 nitrogen and oxygen atoms in total. The van der Waals surface area contributed by atoms with Crippen LogP contribution in [0.25, 0.3) is 5.57 Å². The number of hydrogen-bond donors (Lipinski definition) is 0. The Kier molecular flexibility index (Phi) is 4.11. The van der Waals surface area contributed by atoms with E-state index >= 15 is 0 Å². The Balaban J connectivity index is 2.37. The number of ether oxygens (including phenoxy) is 1. The molecule has 0 saturated heterocycles. The lowest BCUT2D eigenvalue weighted by Gasteiger charge is -2.18. The fraction of sp³-hybridized carbons (Fsp3) is 0.615. The molecule has 1 unspecified atom stereocenters. The summed E-state index contributed by atoms with van der Waals surface area (Å²) in [4.78, 5) is 0. The van der Waals surface area contributed by atoms with Crippen LogP contribution in [0.1, 0.15) is 38.3 Å². The minimum Gasteiger partial charge on any atom is -0.493 e. The van der Waals surface area contributed by atoms with Crippen LogP contribution >= 0.6 is 11.6 Å². The fourth-order valence-electron chi connectivity index (χ4n) is 2.29. The van der Waals surface area contributed by atoms with Crippen LogP contribution in [-0.4, -0.2) is 22.3 Å². The van der Waals surface area contributed by atoms with Gasteiger partial charge in [0, 0.05) is 6.54 Å². The average molecular weight is 255 g/mol. The van der Waals surface area contributed by atoms with E-state index in [1.165, 1.54) is 5.57 Å². The van der Waals surface area contributed by atoms with Crippen LogP contribution in [0.15, 0.2) is 12.3 Å². The predicted molar refractivity (Wildman–Crippen MR) is 70.5 cm³/mol. The van der Waals surface area contributed by atoms with Gasteiger partial charge in [0.1, 0.15) is 5.69 Å². The quantitative estimate of drug-likeness (QED) is 0.770. The van der Waals surface area contributed by atoms with Gasteiger partial charge < -0.3 is 4.74 Å². The molecule has 0 aromatic carbocycles. The molecule has 0 bridgehead atoms. The zero-order valence-corrected chi connectivity index (χ0v) is 11.2. The minimum absolute atomic E-state index is 0.147. The second kappa shape index (κ2) is 5.58. The molecule has 1 aromatic heterocycles. The Morgan fingerprint density at radius 2 is 2.41 bits per heavy atom. The standard InChI is InChI=1S/C13H19ClN2O/c1-3-7-16-13(12(17-2)9-15-16)10-5-4-6-11(14)8-10/h8-9,11H,3-7H2,1-2H3. The molecule has 94 valence electrons. The number of nitrogens with zero attached hydrogens (tertiary/aromatic N) is 2. The van der Waals surface area contributed by atoms with Crippen LogP contribution in [0.3, 0.4) is 0 Å². The normalized spacial score (nSPS) is 20.2. The van der Waals surface area contributed by atoms with E-state index in [0.29, 0.717) is 0 Å². The first-order chi connectivity index (χ1) is 8.26. The summed E-state index contributed by atoms with van der Waals surface area (Å²) in [6, 6.07) is 0. The summed E-state index contributed by atoms with van der Waals surface area (Å²) in [5.41, 5.74) is 2.39. The summed E-state index contributed by atoms with van der Waals surface area (Å²) in [5, 5.41) is 4.53. The minimum atomic E-state index is 0.147. The maximum atomic E-state index is 6.21. The molecule has 1 aliphatic rings. The van der Waals surface area contributed by atoms with Crippen molar-refractivity contribution in [2.75, 3.05) is 7.11 Å². The number of aromatic nitrogens is 2. The number of aryl methyl sites for hydroxylation is 1. The van der Waals surface area contributed by atoms with Crippen molar-refractivity contribution in [1.29, 1.82) is 0 Å². The lowest BCUT2D eigenvalue weighted by Crippen LogP contribution is -2.09. The van der Waals surface area contributed by atoms with E-state index in [9.17, 15) is 0 Å². The zero-order chi connectivity index (χ0) is 12.3. The topological polar surface area (TPSA) is 27.1 Å². The predicted octanol–water partition coefficient (Wildman–Crippen LogP) is 3.48. The Morgan fingerprint density at radius 3 is 3.06 bits per heavy atom. The van der Waals surface area contributed by atoms with E-state index in [0.717, 1.165) is 43.7 Å². The smallest absolute Gasteiger partial charge is 0.164 e. The molecule has 0 saturated carbocycles. The number of rotatable bonds is 4. The van der Waals surface area contributed by atoms with Gasteiger partial charge in [-0.15, -0.1) is 11.6 Å². The van der Waals surface area contributed by atoms with Crippen LogP contribution in [-0.2, 0) is 6.54 Å². The fourth-order valence-corrected chi connectivity index (χ4v) is 2.60. The van der Waals surface area contributed by atoms with Gasteiger partial charge in [0.25, 0.3) is 0 Å². The van der Waals surface area contributed by atoms with E-state index in [4.69, 9.17) is 16.3 Å². The summed E-state index contributed by atoms with van der Waals surface area (Å²) in [6.45, 7) is 3.07. The molecular formula is C13H19ClN2O. The number of halogens is 1. The number of hydrogen-bond acceptors (Lipinski definition) is 2. The van der Waals surface area contributed by atoms with Crippen molar-refractivity contribution in [2.24, 2.45) is 0 Å². The SMILES string of the molecule is CCCn1ncc(OC)c1C1=CC(Cl)CCC1. The molecule has 1 atom stereocenters. The molecule has 0 spiro atoms. The van der Waals surface area contributed by atoms with E-state index < -0.39 is 0 Å². The van der Waals surface area contributed by atoms with E-state index in [2.05, 4.69) is 18.1 Å². The van der Waals surface area contributed by atoms with Gasteiger partial charge in [-0.05, 0) is 31.3 Å². The third-order valence-electron chi connectivity index (χ3n) is 3.07. The highest BCUT2D eigenvalue weighted by atomic mass is 35.5. The molecule has 2 rings (SSSR count). The monoisotopic (exact) mass is 254 g/mol. The number of alkyl halides is 1. The highest BCUT2D eigenvalue weighted by Gasteiger charge is 2.19. The Hall–Kier alpha value is -0.960. The van der Waals surface area contributed by atoms with Crippen molar-refractivity contribution in [3.8, 4) is 5.75 Å². The third-order valence-corrected chi connectivity index (χ3v) is 3.42. The van der Waals surface area contributed by atoms with E-state index in [1.807, 2.05) is 4.68 Å². The van der Waals surface area contributed by atoms with Gasteiger partial charge >= 0.3 is 0 Å². The molecule has 1 aliphatic carbocycles. The van der Waals surface area contributed by atoms with Gasteiger partial charge in [0.2, 0.25) is 0 Å². The van der Waals surface area contributed by atoms with Gasteiger partial charge in [-0.25, -0.2) is 0 Å². The molecule has 0 N–H and O–H groups in total. The second-order valence-corrected chi connectivity index (χ2v) is 4.95. The average Bonchev–Trinajstić information content (AvgIpc) is 2.72. The van der Waals surface area contributed by atoms with Gasteiger partial charge in [-0.3, -0.25) is 4.68 Å². The first-order valence-corrected chi connectivity index (χ1v) is 6.64. The van der Waals surface area contributed by atoms with Crippen LogP contribution in [0, 0.1) is 0 Å². The second-order valence-electron chi connectivity index (χ2n) is 4.38. The van der Waals surface area contributed by atoms with Crippen molar-refractivity contribution in [3.63, 3.8) is 0 Å². The van der Waals surface area contributed by atoms with Crippen molar-refractivity contribution < 1.29 is 4.74 Å². The van der Waals surface area contributed by atoms with E-state index in [-0.39, 0.29) is 5.38 Å². The van der Waals surface area contributed by atoms with Crippen molar-refractivity contribution in [3.05, 3.63) is 18.0 Å². The highest BCUT2D eigenvalue weighted by Crippen LogP contribution is 2.34. The van der Waals surface area contributed by atoms with Crippen molar-refractivity contribution >= 4 is 17.2 Å². The van der Waals surface area contributed by atoms with Gasteiger partial charge in [-0.2, -0.15) is 5.10 Å². The van der Waals surface area contributed by atoms with Crippen LogP contribution in [0.2, 0.25) is 0 Å². The molecular weight excluding hydrogens is 236 g/mol. The maximum absolute atomic E-state index is 6.21. The summed E-state index contributed by atoms with van der Waals surface area (Å²) in [7, 11) is 1.69. The van der Waals surface area contributed by atoms with Gasteiger partial charge in [-0.1, -0.05) is 13.0 Å². The number of methoxy groups -OCH3 is 1. The highest BCUT2D eigenvalue weighted by molar-refractivity contribution is 6.22. The summed E-state index contributed by atoms with van der Waals surface area (Å²) >= 11 is 6.21. The Labute approximate surface area is 107 Å². The lowest BCUT2D eigenvalue weighted by atomic mass is 9.96. The summed E-state index contributed by atoms with van der Waals surface area (Å²) in [6.07, 6.45) is 8.28. The van der Waals surface area contributed by atoms with Crippen molar-refractivity contribution in [2.45, 2.75) is 44.5 Å². The molecule has 17 heavy (non-hydrogen) atoms. The maximum Gasteiger partial charge on any atom is 0.164 e. The molecule has 0 fully saturated rings. The van der Waals surface area contributed by atoms with Crippen molar-refractivity contribution in [1.82, 2.24) is 9.78 Å². The molecule has 4 heteroatoms. The first-order valence-electron chi connectivity index (χ1n) is 6.21. The summed E-state index contributed by atoms with van der Waals surface area (Å²) in [5.74, 6) is 0.857. The first kappa shape index (κ1) is 12.5. The molecule has 1 aromatic rings. The largest absolute Gasteiger partial charge is 0.493 e. The molecule has 1 heterocycles. The zero-order valence-electron chi connectivity index (χ0n) is 10.4. The van der Waals surface area contributed by atoms with Crippen LogP contribution in [0.5, 0.6) is 5.75 Å². The van der Waals surface area contributed by atoms with Crippen LogP contribution < -0.4 is 4.74 Å². The Bertz CT molecular complexity index is 412.